The maximum absolute atomic E-state index is 12.2. The lowest BCUT2D eigenvalue weighted by molar-refractivity contribution is 0.101. The van der Waals surface area contributed by atoms with Crippen LogP contribution in [0, 0.1) is 0 Å². The molecule has 1 aliphatic carbocycles. The third-order valence-corrected chi connectivity index (χ3v) is 3.78. The zero-order chi connectivity index (χ0) is 9.84. The minimum Gasteiger partial charge on any atom is -0.305 e. The van der Waals surface area contributed by atoms with Gasteiger partial charge in [-0.3, -0.25) is 0 Å². The Kier molecular flexibility index (Phi) is 4.46. The van der Waals surface area contributed by atoms with Gasteiger partial charge in [-0.2, -0.15) is 11.8 Å². The van der Waals surface area contributed by atoms with E-state index in [4.69, 9.17) is 0 Å². The molecular weight excluding hydrogens is 192 g/mol. The molecule has 1 N–H and O–H groups in total. The molecule has 0 spiro atoms. The molecule has 3 atom stereocenters. The Bertz CT molecular complexity index is 155. The first-order chi connectivity index (χ1) is 6.15. The molecule has 0 aromatic heterocycles. The molecule has 0 saturated heterocycles. The van der Waals surface area contributed by atoms with Crippen LogP contribution in [-0.4, -0.2) is 30.0 Å². The van der Waals surface area contributed by atoms with Gasteiger partial charge < -0.3 is 5.32 Å². The van der Waals surface area contributed by atoms with Crippen molar-refractivity contribution in [3.63, 3.8) is 0 Å². The number of rotatable bonds is 4. The molecule has 0 aromatic rings. The lowest BCUT2D eigenvalue weighted by atomic mass is 10.2. The zero-order valence-corrected chi connectivity index (χ0v) is 8.91. The van der Waals surface area contributed by atoms with E-state index in [1.165, 1.54) is 6.42 Å². The van der Waals surface area contributed by atoms with E-state index in [1.807, 2.05) is 0 Å². The van der Waals surface area contributed by atoms with Crippen LogP contribution in [0.4, 0.5) is 8.78 Å². The molecule has 0 heterocycles. The number of alkyl halides is 2. The van der Waals surface area contributed by atoms with Crippen LogP contribution in [-0.2, 0) is 0 Å². The molecule has 0 aromatic carbocycles. The van der Waals surface area contributed by atoms with E-state index in [9.17, 15) is 8.78 Å². The third kappa shape index (κ3) is 3.09. The summed E-state index contributed by atoms with van der Waals surface area (Å²) in [5.41, 5.74) is 0. The normalized spacial score (nSPS) is 31.2. The van der Waals surface area contributed by atoms with Gasteiger partial charge in [0.05, 0.1) is 6.04 Å². The van der Waals surface area contributed by atoms with Gasteiger partial charge in [0, 0.05) is 11.3 Å². The van der Waals surface area contributed by atoms with Crippen LogP contribution < -0.4 is 5.32 Å². The standard InChI is InChI=1S/C9H17F2NS/c1-6(9(10)11)12-7-4-3-5-8(7)13-2/h6-9,12H,3-5H2,1-2H3. The average Bonchev–Trinajstić information content (AvgIpc) is 2.51. The Balaban J connectivity index is 2.34. The van der Waals surface area contributed by atoms with Crippen molar-refractivity contribution < 1.29 is 8.78 Å². The largest absolute Gasteiger partial charge is 0.305 e. The summed E-state index contributed by atoms with van der Waals surface area (Å²) < 4.78 is 24.5. The van der Waals surface area contributed by atoms with Gasteiger partial charge in [0.15, 0.2) is 0 Å². The van der Waals surface area contributed by atoms with Crippen molar-refractivity contribution in [1.29, 1.82) is 0 Å². The summed E-state index contributed by atoms with van der Waals surface area (Å²) in [7, 11) is 0. The predicted molar refractivity (Wildman–Crippen MR) is 53.5 cm³/mol. The Morgan fingerprint density at radius 3 is 2.62 bits per heavy atom. The van der Waals surface area contributed by atoms with Crippen LogP contribution in [0.5, 0.6) is 0 Å². The highest BCUT2D eigenvalue weighted by Gasteiger charge is 2.29. The highest BCUT2D eigenvalue weighted by molar-refractivity contribution is 7.99. The van der Waals surface area contributed by atoms with Crippen molar-refractivity contribution in [2.24, 2.45) is 0 Å². The second-order valence-electron chi connectivity index (χ2n) is 3.60. The van der Waals surface area contributed by atoms with Crippen molar-refractivity contribution >= 4 is 11.8 Å². The monoisotopic (exact) mass is 209 g/mol. The van der Waals surface area contributed by atoms with Gasteiger partial charge in [0.25, 0.3) is 6.43 Å². The van der Waals surface area contributed by atoms with E-state index in [0.717, 1.165) is 12.8 Å². The van der Waals surface area contributed by atoms with Crippen LogP contribution in [0.25, 0.3) is 0 Å². The molecule has 0 radical (unpaired) electrons. The van der Waals surface area contributed by atoms with Crippen molar-refractivity contribution in [2.75, 3.05) is 6.26 Å². The van der Waals surface area contributed by atoms with Crippen LogP contribution in [0.15, 0.2) is 0 Å². The first-order valence-electron chi connectivity index (χ1n) is 4.72. The molecule has 0 aliphatic heterocycles. The molecule has 1 fully saturated rings. The first-order valence-corrected chi connectivity index (χ1v) is 6.01. The summed E-state index contributed by atoms with van der Waals surface area (Å²) >= 11 is 1.79. The Labute approximate surface area is 82.7 Å². The van der Waals surface area contributed by atoms with Crippen LogP contribution in [0.1, 0.15) is 26.2 Å². The third-order valence-electron chi connectivity index (χ3n) is 2.61. The molecular formula is C9H17F2NS. The molecule has 0 bridgehead atoms. The summed E-state index contributed by atoms with van der Waals surface area (Å²) in [5, 5.41) is 3.54. The fourth-order valence-corrected chi connectivity index (χ4v) is 2.75. The maximum atomic E-state index is 12.2. The minimum atomic E-state index is -2.25. The average molecular weight is 209 g/mol. The molecule has 1 saturated carbocycles. The van der Waals surface area contributed by atoms with E-state index in [-0.39, 0.29) is 0 Å². The predicted octanol–water partition coefficient (Wildman–Crippen LogP) is 2.51. The molecule has 3 unspecified atom stereocenters. The molecule has 1 nitrogen and oxygen atoms in total. The minimum absolute atomic E-state index is 0.291. The number of halogens is 2. The second kappa shape index (κ2) is 5.15. The van der Waals surface area contributed by atoms with Gasteiger partial charge in [-0.05, 0) is 26.0 Å². The second-order valence-corrected chi connectivity index (χ2v) is 4.68. The lowest BCUT2D eigenvalue weighted by Gasteiger charge is -2.23. The summed E-state index contributed by atoms with van der Waals surface area (Å²) in [4.78, 5) is 0. The van der Waals surface area contributed by atoms with Crippen molar-refractivity contribution in [1.82, 2.24) is 5.32 Å². The SMILES string of the molecule is CSC1CCCC1NC(C)C(F)F. The van der Waals surface area contributed by atoms with Crippen LogP contribution in [0.2, 0.25) is 0 Å². The Hall–Kier alpha value is 0.170. The number of thioether (sulfide) groups is 1. The smallest absolute Gasteiger partial charge is 0.253 e. The number of nitrogens with one attached hydrogen (secondary N) is 1. The Morgan fingerprint density at radius 1 is 1.38 bits per heavy atom. The van der Waals surface area contributed by atoms with E-state index in [2.05, 4.69) is 11.6 Å². The van der Waals surface area contributed by atoms with Gasteiger partial charge in [-0.1, -0.05) is 6.42 Å². The van der Waals surface area contributed by atoms with E-state index < -0.39 is 12.5 Å². The van der Waals surface area contributed by atoms with Crippen molar-refractivity contribution in [3.8, 4) is 0 Å². The van der Waals surface area contributed by atoms with E-state index >= 15 is 0 Å². The van der Waals surface area contributed by atoms with Crippen molar-refractivity contribution in [3.05, 3.63) is 0 Å². The highest BCUT2D eigenvalue weighted by Crippen LogP contribution is 2.28. The maximum Gasteiger partial charge on any atom is 0.253 e. The van der Waals surface area contributed by atoms with Crippen molar-refractivity contribution in [2.45, 2.75) is 49.9 Å². The zero-order valence-electron chi connectivity index (χ0n) is 8.09. The summed E-state index contributed by atoms with van der Waals surface area (Å²) in [6, 6.07) is -0.378. The van der Waals surface area contributed by atoms with E-state index in [0.29, 0.717) is 11.3 Å². The summed E-state index contributed by atoms with van der Waals surface area (Å²) in [5.74, 6) is 0. The van der Waals surface area contributed by atoms with Gasteiger partial charge in [-0.25, -0.2) is 8.78 Å². The lowest BCUT2D eigenvalue weighted by Crippen LogP contribution is -2.43. The molecule has 0 amide bonds. The topological polar surface area (TPSA) is 12.0 Å². The van der Waals surface area contributed by atoms with Gasteiger partial charge in [0.1, 0.15) is 0 Å². The molecule has 13 heavy (non-hydrogen) atoms. The Morgan fingerprint density at radius 2 is 2.08 bits per heavy atom. The highest BCUT2D eigenvalue weighted by atomic mass is 32.2. The van der Waals surface area contributed by atoms with E-state index in [1.54, 1.807) is 18.7 Å². The molecule has 1 rings (SSSR count). The first kappa shape index (κ1) is 11.2. The van der Waals surface area contributed by atoms with Crippen LogP contribution >= 0.6 is 11.8 Å². The summed E-state index contributed by atoms with van der Waals surface area (Å²) in [6.45, 7) is 1.56. The van der Waals surface area contributed by atoms with Crippen LogP contribution in [0.3, 0.4) is 0 Å². The molecule has 78 valence electrons. The number of hydrogen-bond acceptors (Lipinski definition) is 2. The van der Waals surface area contributed by atoms with Gasteiger partial charge >= 0.3 is 0 Å². The number of hydrogen-bond donors (Lipinski definition) is 1. The van der Waals surface area contributed by atoms with Gasteiger partial charge in [-0.15, -0.1) is 0 Å². The molecule has 1 aliphatic rings. The summed E-state index contributed by atoms with van der Waals surface area (Å²) in [6.07, 6.45) is 3.18. The molecule has 4 heteroatoms. The fourth-order valence-electron chi connectivity index (χ4n) is 1.81. The van der Waals surface area contributed by atoms with Gasteiger partial charge in [0.2, 0.25) is 0 Å². The quantitative estimate of drug-likeness (QED) is 0.763. The fraction of sp³-hybridized carbons (Fsp3) is 1.00.